The summed E-state index contributed by atoms with van der Waals surface area (Å²) >= 11 is 6.16. The lowest BCUT2D eigenvalue weighted by molar-refractivity contribution is 0.746. The second kappa shape index (κ2) is 5.57. The Morgan fingerprint density at radius 1 is 1.37 bits per heavy atom. The Morgan fingerprint density at radius 2 is 2.11 bits per heavy atom. The number of aromatic nitrogens is 4. The summed E-state index contributed by atoms with van der Waals surface area (Å²) < 4.78 is 1.79. The molecule has 0 fully saturated rings. The van der Waals surface area contributed by atoms with Gasteiger partial charge in [-0.15, -0.1) is 0 Å². The normalized spacial score (nSPS) is 11.1. The molecule has 0 aliphatic carbocycles. The molecule has 2 aromatic heterocycles. The van der Waals surface area contributed by atoms with Gasteiger partial charge in [0.25, 0.3) is 0 Å². The SMILES string of the molecule is CCc1nn(C)cc1Nc1ncnc(Cl)c1C(C)C. The molecule has 0 aromatic carbocycles. The van der Waals surface area contributed by atoms with Crippen molar-refractivity contribution in [1.29, 1.82) is 0 Å². The van der Waals surface area contributed by atoms with Gasteiger partial charge in [-0.3, -0.25) is 4.68 Å². The number of nitrogens with zero attached hydrogens (tertiary/aromatic N) is 4. The zero-order valence-corrected chi connectivity index (χ0v) is 12.4. The molecule has 0 amide bonds. The number of rotatable bonds is 4. The molecule has 5 nitrogen and oxygen atoms in total. The first-order chi connectivity index (χ1) is 9.02. The van der Waals surface area contributed by atoms with Gasteiger partial charge in [0, 0.05) is 18.8 Å². The van der Waals surface area contributed by atoms with Crippen molar-refractivity contribution >= 4 is 23.1 Å². The maximum Gasteiger partial charge on any atom is 0.138 e. The second-order valence-corrected chi connectivity index (χ2v) is 5.08. The van der Waals surface area contributed by atoms with Crippen LogP contribution in [0, 0.1) is 0 Å². The Balaban J connectivity index is 2.40. The van der Waals surface area contributed by atoms with E-state index in [1.165, 1.54) is 6.33 Å². The summed E-state index contributed by atoms with van der Waals surface area (Å²) in [5, 5.41) is 8.21. The van der Waals surface area contributed by atoms with Gasteiger partial charge in [-0.05, 0) is 12.3 Å². The quantitative estimate of drug-likeness (QED) is 0.873. The van der Waals surface area contributed by atoms with E-state index in [1.807, 2.05) is 13.2 Å². The summed E-state index contributed by atoms with van der Waals surface area (Å²) in [6.45, 7) is 6.21. The maximum absolute atomic E-state index is 6.16. The number of anilines is 2. The van der Waals surface area contributed by atoms with Crippen molar-refractivity contribution in [3.63, 3.8) is 0 Å². The Labute approximate surface area is 118 Å². The van der Waals surface area contributed by atoms with Crippen LogP contribution >= 0.6 is 11.6 Å². The van der Waals surface area contributed by atoms with E-state index in [2.05, 4.69) is 41.2 Å². The second-order valence-electron chi connectivity index (χ2n) is 4.72. The molecule has 6 heteroatoms. The number of hydrogen-bond acceptors (Lipinski definition) is 4. The number of nitrogens with one attached hydrogen (secondary N) is 1. The fourth-order valence-electron chi connectivity index (χ4n) is 2.01. The van der Waals surface area contributed by atoms with E-state index in [9.17, 15) is 0 Å². The standard InChI is InChI=1S/C13H18ClN5/c1-5-9-10(6-19(4)18-9)17-13-11(8(2)3)12(14)15-7-16-13/h6-8H,5H2,1-4H3,(H,15,16,17). The summed E-state index contributed by atoms with van der Waals surface area (Å²) in [4.78, 5) is 8.34. The fraction of sp³-hybridized carbons (Fsp3) is 0.462. The van der Waals surface area contributed by atoms with Crippen LogP contribution in [0.3, 0.4) is 0 Å². The van der Waals surface area contributed by atoms with Gasteiger partial charge in [0.15, 0.2) is 0 Å². The summed E-state index contributed by atoms with van der Waals surface area (Å²) in [7, 11) is 1.90. The van der Waals surface area contributed by atoms with Crippen molar-refractivity contribution in [3.05, 3.63) is 28.9 Å². The van der Waals surface area contributed by atoms with Crippen molar-refractivity contribution in [3.8, 4) is 0 Å². The van der Waals surface area contributed by atoms with Gasteiger partial charge in [0.05, 0.1) is 11.4 Å². The van der Waals surface area contributed by atoms with Crippen LogP contribution in [-0.2, 0) is 13.5 Å². The van der Waals surface area contributed by atoms with Crippen LogP contribution in [0.2, 0.25) is 5.15 Å². The zero-order chi connectivity index (χ0) is 14.0. The zero-order valence-electron chi connectivity index (χ0n) is 11.6. The topological polar surface area (TPSA) is 55.6 Å². The minimum absolute atomic E-state index is 0.248. The van der Waals surface area contributed by atoms with E-state index in [4.69, 9.17) is 11.6 Å². The van der Waals surface area contributed by atoms with Crippen LogP contribution in [0.5, 0.6) is 0 Å². The number of halogens is 1. The highest BCUT2D eigenvalue weighted by atomic mass is 35.5. The molecular weight excluding hydrogens is 262 g/mol. The molecule has 0 unspecified atom stereocenters. The monoisotopic (exact) mass is 279 g/mol. The molecule has 0 aliphatic rings. The molecule has 2 heterocycles. The Hall–Kier alpha value is -1.62. The highest BCUT2D eigenvalue weighted by Gasteiger charge is 2.15. The molecular formula is C13H18ClN5. The summed E-state index contributed by atoms with van der Waals surface area (Å²) in [5.41, 5.74) is 2.89. The lowest BCUT2D eigenvalue weighted by Gasteiger charge is -2.13. The number of aryl methyl sites for hydroxylation is 2. The molecule has 0 saturated carbocycles. The Bertz CT molecular complexity index is 576. The Morgan fingerprint density at radius 3 is 2.74 bits per heavy atom. The van der Waals surface area contributed by atoms with Crippen LogP contribution in [0.4, 0.5) is 11.5 Å². The molecule has 102 valence electrons. The smallest absolute Gasteiger partial charge is 0.138 e. The van der Waals surface area contributed by atoms with Crippen molar-refractivity contribution < 1.29 is 0 Å². The molecule has 0 saturated heterocycles. The van der Waals surface area contributed by atoms with Crippen LogP contribution in [0.25, 0.3) is 0 Å². The van der Waals surface area contributed by atoms with Crippen molar-refractivity contribution in [2.24, 2.45) is 7.05 Å². The Kier molecular flexibility index (Phi) is 4.04. The van der Waals surface area contributed by atoms with Crippen molar-refractivity contribution in [1.82, 2.24) is 19.7 Å². The minimum Gasteiger partial charge on any atom is -0.337 e. The third-order valence-corrected chi connectivity index (χ3v) is 3.21. The minimum atomic E-state index is 0.248. The van der Waals surface area contributed by atoms with Gasteiger partial charge >= 0.3 is 0 Å². The van der Waals surface area contributed by atoms with E-state index in [0.29, 0.717) is 5.15 Å². The average molecular weight is 280 g/mol. The molecule has 19 heavy (non-hydrogen) atoms. The summed E-state index contributed by atoms with van der Waals surface area (Å²) in [5.74, 6) is 0.996. The predicted octanol–water partition coefficient (Wildman–Crippen LogP) is 3.29. The lowest BCUT2D eigenvalue weighted by Crippen LogP contribution is -2.03. The first kappa shape index (κ1) is 13.8. The molecule has 0 atom stereocenters. The van der Waals surface area contributed by atoms with E-state index in [-0.39, 0.29) is 5.92 Å². The van der Waals surface area contributed by atoms with Crippen LogP contribution < -0.4 is 5.32 Å². The first-order valence-corrected chi connectivity index (χ1v) is 6.70. The van der Waals surface area contributed by atoms with E-state index in [0.717, 1.165) is 29.2 Å². The average Bonchev–Trinajstić information content (AvgIpc) is 2.69. The van der Waals surface area contributed by atoms with Gasteiger partial charge in [-0.2, -0.15) is 5.10 Å². The van der Waals surface area contributed by atoms with Crippen molar-refractivity contribution in [2.45, 2.75) is 33.1 Å². The highest BCUT2D eigenvalue weighted by Crippen LogP contribution is 2.30. The highest BCUT2D eigenvalue weighted by molar-refractivity contribution is 6.30. The molecule has 0 bridgehead atoms. The molecule has 0 aliphatic heterocycles. The van der Waals surface area contributed by atoms with Crippen LogP contribution in [0.15, 0.2) is 12.5 Å². The number of hydrogen-bond donors (Lipinski definition) is 1. The molecule has 2 aromatic rings. The van der Waals surface area contributed by atoms with Crippen LogP contribution in [-0.4, -0.2) is 19.7 Å². The fourth-order valence-corrected chi connectivity index (χ4v) is 2.36. The van der Waals surface area contributed by atoms with Crippen LogP contribution in [0.1, 0.15) is 37.9 Å². The van der Waals surface area contributed by atoms with Gasteiger partial charge in [0.1, 0.15) is 17.3 Å². The summed E-state index contributed by atoms with van der Waals surface area (Å²) in [6.07, 6.45) is 4.27. The first-order valence-electron chi connectivity index (χ1n) is 6.32. The third kappa shape index (κ3) is 2.87. The summed E-state index contributed by atoms with van der Waals surface area (Å²) in [6, 6.07) is 0. The van der Waals surface area contributed by atoms with Gasteiger partial charge in [0.2, 0.25) is 0 Å². The van der Waals surface area contributed by atoms with E-state index in [1.54, 1.807) is 4.68 Å². The van der Waals surface area contributed by atoms with Crippen molar-refractivity contribution in [2.75, 3.05) is 5.32 Å². The molecule has 0 spiro atoms. The third-order valence-electron chi connectivity index (χ3n) is 2.91. The molecule has 2 rings (SSSR count). The molecule has 1 N–H and O–H groups in total. The van der Waals surface area contributed by atoms with Gasteiger partial charge in [-0.25, -0.2) is 9.97 Å². The van der Waals surface area contributed by atoms with Gasteiger partial charge < -0.3 is 5.32 Å². The predicted molar refractivity (Wildman–Crippen MR) is 77.0 cm³/mol. The van der Waals surface area contributed by atoms with Gasteiger partial charge in [-0.1, -0.05) is 32.4 Å². The van der Waals surface area contributed by atoms with E-state index < -0.39 is 0 Å². The lowest BCUT2D eigenvalue weighted by atomic mass is 10.1. The maximum atomic E-state index is 6.16. The molecule has 0 radical (unpaired) electrons. The largest absolute Gasteiger partial charge is 0.337 e. The van der Waals surface area contributed by atoms with E-state index >= 15 is 0 Å².